The highest BCUT2D eigenvalue weighted by Gasteiger charge is 1.96. The Hall–Kier alpha value is 0.800. The Kier molecular flexibility index (Phi) is 8.53. The second-order valence-electron chi connectivity index (χ2n) is 1.91. The first-order chi connectivity index (χ1) is 4.81. The second kappa shape index (κ2) is 7.90. The van der Waals surface area contributed by atoms with Crippen LogP contribution in [-0.4, -0.2) is 11.5 Å². The van der Waals surface area contributed by atoms with Crippen molar-refractivity contribution in [1.29, 1.82) is 0 Å². The van der Waals surface area contributed by atoms with Crippen LogP contribution >= 0.6 is 29.6 Å². The van der Waals surface area contributed by atoms with Crippen molar-refractivity contribution in [3.8, 4) is 0 Å². The van der Waals surface area contributed by atoms with E-state index in [1.165, 1.54) is 0 Å². The van der Waals surface area contributed by atoms with Gasteiger partial charge in [-0.25, -0.2) is 0 Å². The third kappa shape index (κ3) is 6.91. The summed E-state index contributed by atoms with van der Waals surface area (Å²) >= 11 is 0. The molecule has 0 aliphatic heterocycles. The zero-order valence-electron chi connectivity index (χ0n) is 6.13. The lowest BCUT2D eigenvalue weighted by atomic mass is 10.2. The number of Topliss-reactive ketones (excluding diaryl/α,β-unsaturated/α-hetero) is 1. The average molecular weight is 196 g/mol. The molecule has 0 aromatic heterocycles. The first-order valence-corrected chi connectivity index (χ1v) is 7.11. The van der Waals surface area contributed by atoms with Gasteiger partial charge in [-0.1, -0.05) is 36.6 Å². The molecule has 0 aliphatic carbocycles. The highest BCUT2D eigenvalue weighted by atomic mass is 33.3. The highest BCUT2D eigenvalue weighted by molar-refractivity contribution is 8.94. The van der Waals surface area contributed by atoms with E-state index >= 15 is 0 Å². The maximum atomic E-state index is 10.8. The van der Waals surface area contributed by atoms with Crippen molar-refractivity contribution in [3.63, 3.8) is 0 Å². The zero-order chi connectivity index (χ0) is 7.82. The molecule has 0 bridgehead atoms. The molecular formula is C6H13OPS2. The Morgan fingerprint density at radius 3 is 2.80 bits per heavy atom. The topological polar surface area (TPSA) is 17.1 Å². The van der Waals surface area contributed by atoms with E-state index in [1.807, 2.05) is 6.92 Å². The minimum atomic E-state index is 0.384. The van der Waals surface area contributed by atoms with Crippen molar-refractivity contribution in [2.75, 3.05) is 5.75 Å². The van der Waals surface area contributed by atoms with Crippen molar-refractivity contribution in [3.05, 3.63) is 0 Å². The van der Waals surface area contributed by atoms with Gasteiger partial charge in [-0.3, -0.25) is 4.79 Å². The molecule has 0 fully saturated rings. The lowest BCUT2D eigenvalue weighted by molar-refractivity contribution is -0.118. The van der Waals surface area contributed by atoms with Gasteiger partial charge in [-0.15, -0.1) is 0 Å². The predicted molar refractivity (Wildman–Crippen MR) is 54.3 cm³/mol. The lowest BCUT2D eigenvalue weighted by Crippen LogP contribution is -1.94. The van der Waals surface area contributed by atoms with Crippen molar-refractivity contribution in [2.24, 2.45) is 0 Å². The Labute approximate surface area is 72.5 Å². The van der Waals surface area contributed by atoms with E-state index in [9.17, 15) is 4.79 Å². The summed E-state index contributed by atoms with van der Waals surface area (Å²) in [5, 5.41) is 0. The van der Waals surface area contributed by atoms with Gasteiger partial charge >= 0.3 is 0 Å². The molecule has 0 rings (SSSR count). The largest absolute Gasteiger partial charge is 0.300 e. The molecule has 0 aliphatic rings. The summed E-state index contributed by atoms with van der Waals surface area (Å²) in [7, 11) is 6.05. The van der Waals surface area contributed by atoms with Gasteiger partial charge < -0.3 is 0 Å². The molecular weight excluding hydrogens is 183 g/mol. The van der Waals surface area contributed by atoms with Crippen molar-refractivity contribution in [1.82, 2.24) is 0 Å². The van der Waals surface area contributed by atoms with E-state index in [1.54, 1.807) is 21.2 Å². The summed E-state index contributed by atoms with van der Waals surface area (Å²) in [6.45, 7) is 1.92. The fourth-order valence-corrected chi connectivity index (χ4v) is 2.42. The Bertz CT molecular complexity index is 97.7. The SMILES string of the molecule is CCC(=O)CCCSSP. The average Bonchev–Trinajstić information content (AvgIpc) is 1.98. The number of carbonyl (C=O) groups excluding carboxylic acids is 1. The Balaban J connectivity index is 2.96. The van der Waals surface area contributed by atoms with E-state index in [0.717, 1.165) is 18.6 Å². The number of ketones is 1. The van der Waals surface area contributed by atoms with Crippen LogP contribution in [0.5, 0.6) is 0 Å². The first-order valence-electron chi connectivity index (χ1n) is 3.31. The zero-order valence-corrected chi connectivity index (χ0v) is 8.92. The van der Waals surface area contributed by atoms with Crippen LogP contribution in [0.1, 0.15) is 26.2 Å². The first kappa shape index (κ1) is 10.8. The molecule has 0 spiro atoms. The number of rotatable bonds is 6. The van der Waals surface area contributed by atoms with Crippen LogP contribution < -0.4 is 0 Å². The molecule has 0 amide bonds. The quantitative estimate of drug-likeness (QED) is 0.369. The third-order valence-electron chi connectivity index (χ3n) is 1.15. The molecule has 0 saturated carbocycles. The minimum Gasteiger partial charge on any atom is -0.300 e. The summed E-state index contributed by atoms with van der Waals surface area (Å²) in [5.74, 6) is 1.47. The van der Waals surface area contributed by atoms with Crippen LogP contribution in [0.15, 0.2) is 0 Å². The molecule has 0 aromatic rings. The predicted octanol–water partition coefficient (Wildman–Crippen LogP) is 2.92. The van der Waals surface area contributed by atoms with Gasteiger partial charge in [-0.2, -0.15) is 0 Å². The molecule has 1 atom stereocenters. The van der Waals surface area contributed by atoms with Crippen LogP contribution in [0.2, 0.25) is 0 Å². The monoisotopic (exact) mass is 196 g/mol. The van der Waals surface area contributed by atoms with Crippen LogP contribution in [0.3, 0.4) is 0 Å². The van der Waals surface area contributed by atoms with Gasteiger partial charge in [0.1, 0.15) is 5.78 Å². The van der Waals surface area contributed by atoms with E-state index in [-0.39, 0.29) is 0 Å². The fourth-order valence-electron chi connectivity index (χ4n) is 0.553. The maximum absolute atomic E-state index is 10.8. The standard InChI is InChI=1S/C6H13OPS2/c1-2-6(7)4-3-5-9-10-8/h2-5,8H2,1H3. The maximum Gasteiger partial charge on any atom is 0.132 e. The molecule has 60 valence electrons. The van der Waals surface area contributed by atoms with E-state index in [2.05, 4.69) is 8.44 Å². The van der Waals surface area contributed by atoms with Crippen molar-refractivity contribution >= 4 is 35.4 Å². The molecule has 1 nitrogen and oxygen atoms in total. The number of hydrogen-bond acceptors (Lipinski definition) is 3. The molecule has 0 aromatic carbocycles. The van der Waals surface area contributed by atoms with Crippen LogP contribution in [-0.2, 0) is 4.79 Å². The Morgan fingerprint density at radius 1 is 1.60 bits per heavy atom. The van der Waals surface area contributed by atoms with E-state index in [0.29, 0.717) is 12.2 Å². The molecule has 0 N–H and O–H groups in total. The van der Waals surface area contributed by atoms with Crippen molar-refractivity contribution < 1.29 is 4.79 Å². The minimum absolute atomic E-state index is 0.384. The molecule has 0 radical (unpaired) electrons. The Morgan fingerprint density at radius 2 is 2.30 bits per heavy atom. The number of carbonyl (C=O) groups is 1. The molecule has 1 unspecified atom stereocenters. The normalized spacial score (nSPS) is 9.80. The highest BCUT2D eigenvalue weighted by Crippen LogP contribution is 2.28. The summed E-state index contributed by atoms with van der Waals surface area (Å²) in [4.78, 5) is 10.8. The van der Waals surface area contributed by atoms with Crippen molar-refractivity contribution in [2.45, 2.75) is 26.2 Å². The lowest BCUT2D eigenvalue weighted by Gasteiger charge is -1.95. The van der Waals surface area contributed by atoms with Gasteiger partial charge in [0.25, 0.3) is 0 Å². The van der Waals surface area contributed by atoms with E-state index < -0.39 is 0 Å². The summed E-state index contributed by atoms with van der Waals surface area (Å²) in [6, 6.07) is 0. The van der Waals surface area contributed by atoms with Crippen LogP contribution in [0.25, 0.3) is 0 Å². The fraction of sp³-hybridized carbons (Fsp3) is 0.833. The third-order valence-corrected chi connectivity index (χ3v) is 3.87. The van der Waals surface area contributed by atoms with Crippen LogP contribution in [0, 0.1) is 0 Å². The summed E-state index contributed by atoms with van der Waals surface area (Å²) < 4.78 is 0. The molecule has 4 heteroatoms. The molecule has 10 heavy (non-hydrogen) atoms. The second-order valence-corrected chi connectivity index (χ2v) is 5.77. The van der Waals surface area contributed by atoms with Gasteiger partial charge in [-0.05, 0) is 6.42 Å². The van der Waals surface area contributed by atoms with Gasteiger partial charge in [0, 0.05) is 18.6 Å². The smallest absolute Gasteiger partial charge is 0.132 e. The summed E-state index contributed by atoms with van der Waals surface area (Å²) in [5.41, 5.74) is 0. The van der Waals surface area contributed by atoms with Gasteiger partial charge in [0.2, 0.25) is 0 Å². The van der Waals surface area contributed by atoms with Gasteiger partial charge in [0.15, 0.2) is 0 Å². The van der Waals surface area contributed by atoms with Gasteiger partial charge in [0.05, 0.1) is 0 Å². The summed E-state index contributed by atoms with van der Waals surface area (Å²) in [6.07, 6.45) is 2.48. The van der Waals surface area contributed by atoms with E-state index in [4.69, 9.17) is 0 Å². The number of hydrogen-bond donors (Lipinski definition) is 0. The molecule has 0 saturated heterocycles. The molecule has 0 heterocycles. The van der Waals surface area contributed by atoms with Crippen LogP contribution in [0.4, 0.5) is 0 Å².